The van der Waals surface area contributed by atoms with Gasteiger partial charge >= 0.3 is 0 Å². The van der Waals surface area contributed by atoms with Gasteiger partial charge in [0.25, 0.3) is 5.91 Å². The summed E-state index contributed by atoms with van der Waals surface area (Å²) < 4.78 is 24.8. The number of morpholine rings is 1. The van der Waals surface area contributed by atoms with Crippen LogP contribution in [0.3, 0.4) is 0 Å². The van der Waals surface area contributed by atoms with Crippen molar-refractivity contribution in [1.29, 1.82) is 0 Å². The van der Waals surface area contributed by atoms with E-state index >= 15 is 0 Å². The lowest BCUT2D eigenvalue weighted by Gasteiger charge is -2.33. The first-order chi connectivity index (χ1) is 15.6. The number of carbonyl (C=O) groups excluding carboxylic acids is 1. The predicted octanol–water partition coefficient (Wildman–Crippen LogP) is 4.35. The molecule has 0 saturated carbocycles. The highest BCUT2D eigenvalue weighted by molar-refractivity contribution is 5.97. The number of nitrogens with zero attached hydrogens (tertiary/aromatic N) is 3. The maximum atomic E-state index is 13.4. The predicted molar refractivity (Wildman–Crippen MR) is 116 cm³/mol. The Balaban J connectivity index is 1.28. The van der Waals surface area contributed by atoms with Gasteiger partial charge in [-0.3, -0.25) is 9.78 Å². The van der Waals surface area contributed by atoms with Crippen LogP contribution in [-0.2, 0) is 17.6 Å². The quantitative estimate of drug-likeness (QED) is 0.655. The van der Waals surface area contributed by atoms with Gasteiger partial charge in [-0.1, -0.05) is 0 Å². The van der Waals surface area contributed by atoms with Gasteiger partial charge in [0.1, 0.15) is 29.3 Å². The molecule has 0 unspecified atom stereocenters. The molecule has 32 heavy (non-hydrogen) atoms. The van der Waals surface area contributed by atoms with Gasteiger partial charge < -0.3 is 19.4 Å². The number of aryl methyl sites for hydroxylation is 2. The maximum Gasteiger partial charge on any atom is 0.257 e. The number of nitrogens with one attached hydrogen (secondary N) is 1. The highest BCUT2D eigenvalue weighted by Gasteiger charge is 2.32. The molecule has 3 aromatic rings. The smallest absolute Gasteiger partial charge is 0.257 e. The minimum absolute atomic E-state index is 0.0170. The number of fused-ring (bicyclic) bond motifs is 1. The fourth-order valence-corrected chi connectivity index (χ4v) is 4.42. The Morgan fingerprint density at radius 2 is 2.03 bits per heavy atom. The molecule has 1 amide bonds. The molecule has 0 radical (unpaired) electrons. The lowest BCUT2D eigenvalue weighted by molar-refractivity contribution is -0.0248. The molecule has 0 bridgehead atoms. The number of furan rings is 1. The van der Waals surface area contributed by atoms with Crippen LogP contribution in [0.15, 0.2) is 41.1 Å². The molecule has 8 heteroatoms. The normalized spacial score (nSPS) is 18.3. The van der Waals surface area contributed by atoms with Crippen molar-refractivity contribution in [3.8, 4) is 0 Å². The zero-order chi connectivity index (χ0) is 22.1. The molecule has 1 aliphatic heterocycles. The monoisotopic (exact) mass is 436 g/mol. The number of carbonyl (C=O) groups is 1. The molecule has 3 aromatic heterocycles. The Labute approximate surface area is 185 Å². The average molecular weight is 436 g/mol. The van der Waals surface area contributed by atoms with Gasteiger partial charge in [-0.15, -0.1) is 0 Å². The standard InChI is InChI=1S/C24H25FN4O3/c1-15-23(18-4-2-3-5-20(18)32-15)24(30)29-10-11-31-21(14-29)19-8-7-17(13-26-19)28-22-9-6-16(25)12-27-22/h6-9,12-13,21H,2-5,10-11,14H2,1H3,(H,27,28)/t21-/m0/s1. The third-order valence-electron chi connectivity index (χ3n) is 6.03. The number of hydrogen-bond acceptors (Lipinski definition) is 6. The summed E-state index contributed by atoms with van der Waals surface area (Å²) in [4.78, 5) is 23.7. The summed E-state index contributed by atoms with van der Waals surface area (Å²) in [5.41, 5.74) is 3.31. The van der Waals surface area contributed by atoms with Gasteiger partial charge in [0.2, 0.25) is 0 Å². The first-order valence-corrected chi connectivity index (χ1v) is 10.9. The molecule has 2 aliphatic rings. The van der Waals surface area contributed by atoms with Crippen LogP contribution in [0, 0.1) is 12.7 Å². The minimum atomic E-state index is -0.385. The molecule has 0 aromatic carbocycles. The highest BCUT2D eigenvalue weighted by atomic mass is 19.1. The van der Waals surface area contributed by atoms with Crippen LogP contribution in [0.25, 0.3) is 0 Å². The molecule has 1 atom stereocenters. The fourth-order valence-electron chi connectivity index (χ4n) is 4.42. The van der Waals surface area contributed by atoms with Gasteiger partial charge in [0.05, 0.1) is 42.5 Å². The van der Waals surface area contributed by atoms with E-state index in [1.165, 1.54) is 6.07 Å². The van der Waals surface area contributed by atoms with Crippen LogP contribution in [-0.4, -0.2) is 40.5 Å². The fraction of sp³-hybridized carbons (Fsp3) is 0.375. The molecule has 1 saturated heterocycles. The van der Waals surface area contributed by atoms with Crippen molar-refractivity contribution in [3.05, 3.63) is 70.8 Å². The van der Waals surface area contributed by atoms with Gasteiger partial charge in [-0.05, 0) is 50.5 Å². The number of rotatable bonds is 4. The van der Waals surface area contributed by atoms with Crippen molar-refractivity contribution in [1.82, 2.24) is 14.9 Å². The van der Waals surface area contributed by atoms with Crippen LogP contribution in [0.4, 0.5) is 15.9 Å². The van der Waals surface area contributed by atoms with E-state index in [-0.39, 0.29) is 17.8 Å². The Kier molecular flexibility index (Phi) is 5.61. The van der Waals surface area contributed by atoms with Crippen LogP contribution in [0.1, 0.15) is 52.1 Å². The number of halogens is 1. The SMILES string of the molecule is Cc1oc2c(c1C(=O)N1CCO[C@H](c3ccc(Nc4ccc(F)cn4)cn3)C1)CCCC2. The Morgan fingerprint density at radius 1 is 1.16 bits per heavy atom. The summed E-state index contributed by atoms with van der Waals surface area (Å²) in [6, 6.07) is 6.65. The van der Waals surface area contributed by atoms with Gasteiger partial charge in [0.15, 0.2) is 0 Å². The van der Waals surface area contributed by atoms with E-state index in [0.29, 0.717) is 31.3 Å². The van der Waals surface area contributed by atoms with Crippen LogP contribution >= 0.6 is 0 Å². The molecule has 1 fully saturated rings. The van der Waals surface area contributed by atoms with Crippen molar-refractivity contribution >= 4 is 17.4 Å². The largest absolute Gasteiger partial charge is 0.465 e. The van der Waals surface area contributed by atoms with Crippen molar-refractivity contribution in [3.63, 3.8) is 0 Å². The Hall–Kier alpha value is -3.26. The van der Waals surface area contributed by atoms with E-state index in [2.05, 4.69) is 15.3 Å². The lowest BCUT2D eigenvalue weighted by atomic mass is 9.94. The molecule has 7 nitrogen and oxygen atoms in total. The van der Waals surface area contributed by atoms with Crippen molar-refractivity contribution < 1.29 is 18.3 Å². The molecular formula is C24H25FN4O3. The molecule has 0 spiro atoms. The van der Waals surface area contributed by atoms with Crippen LogP contribution in [0.5, 0.6) is 0 Å². The van der Waals surface area contributed by atoms with E-state index in [1.54, 1.807) is 12.3 Å². The second kappa shape index (κ2) is 8.70. The van der Waals surface area contributed by atoms with E-state index < -0.39 is 0 Å². The van der Waals surface area contributed by atoms with E-state index in [4.69, 9.17) is 9.15 Å². The number of hydrogen-bond donors (Lipinski definition) is 1. The van der Waals surface area contributed by atoms with Gasteiger partial charge in [0, 0.05) is 18.5 Å². The first kappa shape index (κ1) is 20.6. The summed E-state index contributed by atoms with van der Waals surface area (Å²) in [6.07, 6.45) is 6.56. The summed E-state index contributed by atoms with van der Waals surface area (Å²) in [7, 11) is 0. The van der Waals surface area contributed by atoms with E-state index in [9.17, 15) is 9.18 Å². The zero-order valence-electron chi connectivity index (χ0n) is 17.9. The van der Waals surface area contributed by atoms with Gasteiger partial charge in [-0.25, -0.2) is 9.37 Å². The Morgan fingerprint density at radius 3 is 2.81 bits per heavy atom. The number of anilines is 2. The minimum Gasteiger partial charge on any atom is -0.465 e. The molecule has 1 aliphatic carbocycles. The maximum absolute atomic E-state index is 13.4. The lowest BCUT2D eigenvalue weighted by Crippen LogP contribution is -2.42. The molecular weight excluding hydrogens is 411 g/mol. The summed E-state index contributed by atoms with van der Waals surface area (Å²) >= 11 is 0. The average Bonchev–Trinajstić information content (AvgIpc) is 3.16. The summed E-state index contributed by atoms with van der Waals surface area (Å²) in [5.74, 6) is 1.85. The van der Waals surface area contributed by atoms with E-state index in [0.717, 1.165) is 60.1 Å². The first-order valence-electron chi connectivity index (χ1n) is 10.9. The third kappa shape index (κ3) is 4.10. The second-order valence-corrected chi connectivity index (χ2v) is 8.21. The highest BCUT2D eigenvalue weighted by Crippen LogP contribution is 2.32. The summed E-state index contributed by atoms with van der Waals surface area (Å²) in [6.45, 7) is 3.32. The Bertz CT molecular complexity index is 1110. The zero-order valence-corrected chi connectivity index (χ0v) is 17.9. The second-order valence-electron chi connectivity index (χ2n) is 8.21. The van der Waals surface area contributed by atoms with Gasteiger partial charge in [-0.2, -0.15) is 0 Å². The van der Waals surface area contributed by atoms with E-state index in [1.807, 2.05) is 24.0 Å². The third-order valence-corrected chi connectivity index (χ3v) is 6.03. The topological polar surface area (TPSA) is 80.5 Å². The van der Waals surface area contributed by atoms with Crippen LogP contribution in [0.2, 0.25) is 0 Å². The number of amides is 1. The van der Waals surface area contributed by atoms with Crippen molar-refractivity contribution in [2.75, 3.05) is 25.0 Å². The van der Waals surface area contributed by atoms with Crippen LogP contribution < -0.4 is 5.32 Å². The molecule has 166 valence electrons. The van der Waals surface area contributed by atoms with Crippen molar-refractivity contribution in [2.45, 2.75) is 38.7 Å². The summed E-state index contributed by atoms with van der Waals surface area (Å²) in [5, 5.41) is 3.09. The number of aromatic nitrogens is 2. The van der Waals surface area contributed by atoms with Crippen molar-refractivity contribution in [2.24, 2.45) is 0 Å². The molecule has 5 rings (SSSR count). The number of ether oxygens (including phenoxy) is 1. The number of pyridine rings is 2. The molecule has 1 N–H and O–H groups in total. The molecule has 4 heterocycles.